The Labute approximate surface area is 129 Å². The number of hydrogen-bond acceptors (Lipinski definition) is 4. The normalized spacial score (nSPS) is 11.3. The van der Waals surface area contributed by atoms with Gasteiger partial charge in [0.25, 0.3) is 0 Å². The third kappa shape index (κ3) is 7.34. The third-order valence-corrected chi connectivity index (χ3v) is 3.85. The maximum Gasteiger partial charge on any atom is 0.119 e. The number of hydrogen-bond donors (Lipinski definition) is 1. The van der Waals surface area contributed by atoms with Gasteiger partial charge in [-0.1, -0.05) is 20.8 Å². The summed E-state index contributed by atoms with van der Waals surface area (Å²) in [6, 6.07) is 7.59. The molecule has 0 unspecified atom stereocenters. The molecule has 0 atom stereocenters. The molecule has 120 valence electrons. The molecule has 21 heavy (non-hydrogen) atoms. The summed E-state index contributed by atoms with van der Waals surface area (Å²) in [6.45, 7) is 14.0. The molecule has 0 amide bonds. The van der Waals surface area contributed by atoms with Crippen LogP contribution in [-0.4, -0.2) is 55.7 Å². The van der Waals surface area contributed by atoms with Gasteiger partial charge in [0.05, 0.1) is 0 Å². The molecule has 4 heteroatoms. The van der Waals surface area contributed by atoms with Crippen LogP contribution in [0.5, 0.6) is 5.75 Å². The fourth-order valence-corrected chi connectivity index (χ4v) is 2.34. The fraction of sp³-hybridized carbons (Fsp3) is 0.647. The van der Waals surface area contributed by atoms with Crippen molar-refractivity contribution in [2.24, 2.45) is 0 Å². The summed E-state index contributed by atoms with van der Waals surface area (Å²) in [6.07, 6.45) is 1.22. The zero-order chi connectivity index (χ0) is 15.5. The first-order valence-electron chi connectivity index (χ1n) is 8.12. The molecule has 0 aliphatic heterocycles. The Bertz CT molecular complexity index is 363. The molecule has 2 N–H and O–H groups in total. The van der Waals surface area contributed by atoms with Gasteiger partial charge in [-0.3, -0.25) is 0 Å². The molecule has 0 fully saturated rings. The minimum Gasteiger partial charge on any atom is -0.492 e. The number of nitrogen functional groups attached to an aromatic ring is 1. The lowest BCUT2D eigenvalue weighted by Gasteiger charge is -2.23. The lowest BCUT2D eigenvalue weighted by Crippen LogP contribution is -2.32. The molecule has 1 aromatic carbocycles. The SMILES string of the molecule is CCN(CC)CCCN(CC)CCOc1ccc(N)cc1. The minimum atomic E-state index is 0.725. The molecule has 1 aromatic rings. The van der Waals surface area contributed by atoms with Gasteiger partial charge >= 0.3 is 0 Å². The van der Waals surface area contributed by atoms with Gasteiger partial charge in [-0.25, -0.2) is 0 Å². The van der Waals surface area contributed by atoms with Crippen LogP contribution in [0.2, 0.25) is 0 Å². The molecule has 0 aromatic heterocycles. The molecule has 0 saturated carbocycles. The summed E-state index contributed by atoms with van der Waals surface area (Å²) in [5.41, 5.74) is 6.43. The van der Waals surface area contributed by atoms with Gasteiger partial charge in [0.2, 0.25) is 0 Å². The number of nitrogens with zero attached hydrogens (tertiary/aromatic N) is 2. The van der Waals surface area contributed by atoms with Crippen LogP contribution in [0, 0.1) is 0 Å². The lowest BCUT2D eigenvalue weighted by atomic mass is 10.3. The van der Waals surface area contributed by atoms with Crippen LogP contribution in [0.25, 0.3) is 0 Å². The van der Waals surface area contributed by atoms with Crippen molar-refractivity contribution in [2.75, 3.05) is 51.6 Å². The van der Waals surface area contributed by atoms with Gasteiger partial charge in [0, 0.05) is 12.2 Å². The zero-order valence-electron chi connectivity index (χ0n) is 13.8. The summed E-state index contributed by atoms with van der Waals surface area (Å²) in [7, 11) is 0. The van der Waals surface area contributed by atoms with E-state index >= 15 is 0 Å². The van der Waals surface area contributed by atoms with Crippen molar-refractivity contribution >= 4 is 5.69 Å². The highest BCUT2D eigenvalue weighted by Crippen LogP contribution is 2.12. The van der Waals surface area contributed by atoms with E-state index < -0.39 is 0 Å². The Balaban J connectivity index is 2.20. The van der Waals surface area contributed by atoms with E-state index in [0.29, 0.717) is 0 Å². The standard InChI is InChI=1S/C17H31N3O/c1-4-19(5-2)12-7-13-20(6-3)14-15-21-17-10-8-16(18)9-11-17/h8-11H,4-7,12-15,18H2,1-3H3. The largest absolute Gasteiger partial charge is 0.492 e. The lowest BCUT2D eigenvalue weighted by molar-refractivity contribution is 0.202. The van der Waals surface area contributed by atoms with E-state index in [4.69, 9.17) is 10.5 Å². The second kappa shape index (κ2) is 10.5. The highest BCUT2D eigenvalue weighted by Gasteiger charge is 2.04. The predicted octanol–water partition coefficient (Wildman–Crippen LogP) is 2.70. The molecule has 4 nitrogen and oxygen atoms in total. The third-order valence-electron chi connectivity index (χ3n) is 3.85. The number of rotatable bonds is 11. The maximum absolute atomic E-state index is 5.76. The van der Waals surface area contributed by atoms with Crippen LogP contribution in [0.3, 0.4) is 0 Å². The van der Waals surface area contributed by atoms with Gasteiger partial charge in [-0.05, 0) is 63.4 Å². The smallest absolute Gasteiger partial charge is 0.119 e. The van der Waals surface area contributed by atoms with E-state index in [1.165, 1.54) is 13.0 Å². The summed E-state index contributed by atoms with van der Waals surface area (Å²) in [4.78, 5) is 4.92. The topological polar surface area (TPSA) is 41.7 Å². The van der Waals surface area contributed by atoms with Crippen molar-refractivity contribution in [2.45, 2.75) is 27.2 Å². The van der Waals surface area contributed by atoms with E-state index in [2.05, 4.69) is 30.6 Å². The average Bonchev–Trinajstić information content (AvgIpc) is 2.51. The first-order chi connectivity index (χ1) is 10.2. The summed E-state index contributed by atoms with van der Waals surface area (Å²) in [5, 5.41) is 0. The quantitative estimate of drug-likeness (QED) is 0.637. The van der Waals surface area contributed by atoms with Crippen molar-refractivity contribution in [1.29, 1.82) is 0 Å². The Morgan fingerprint density at radius 1 is 0.857 bits per heavy atom. The van der Waals surface area contributed by atoms with Crippen molar-refractivity contribution < 1.29 is 4.74 Å². The monoisotopic (exact) mass is 293 g/mol. The Morgan fingerprint density at radius 3 is 2.00 bits per heavy atom. The number of likely N-dealkylation sites (N-methyl/N-ethyl adjacent to an activating group) is 1. The van der Waals surface area contributed by atoms with Crippen LogP contribution < -0.4 is 10.5 Å². The van der Waals surface area contributed by atoms with E-state index in [1.807, 2.05) is 24.3 Å². The Kier molecular flexibility index (Phi) is 8.87. The van der Waals surface area contributed by atoms with E-state index in [0.717, 1.165) is 50.8 Å². The van der Waals surface area contributed by atoms with E-state index in [-0.39, 0.29) is 0 Å². The van der Waals surface area contributed by atoms with Gasteiger partial charge in [0.1, 0.15) is 12.4 Å². The molecular weight excluding hydrogens is 262 g/mol. The second-order valence-corrected chi connectivity index (χ2v) is 5.23. The predicted molar refractivity (Wildman–Crippen MR) is 90.9 cm³/mol. The second-order valence-electron chi connectivity index (χ2n) is 5.23. The van der Waals surface area contributed by atoms with Crippen molar-refractivity contribution in [3.8, 4) is 5.75 Å². The molecule has 0 aliphatic rings. The Hall–Kier alpha value is -1.26. The molecule has 0 bridgehead atoms. The van der Waals surface area contributed by atoms with Crippen LogP contribution in [-0.2, 0) is 0 Å². The molecular formula is C17H31N3O. The number of anilines is 1. The number of ether oxygens (including phenoxy) is 1. The van der Waals surface area contributed by atoms with Crippen LogP contribution in [0.1, 0.15) is 27.2 Å². The molecule has 0 aliphatic carbocycles. The molecule has 1 rings (SSSR count). The number of benzene rings is 1. The van der Waals surface area contributed by atoms with Gasteiger partial charge in [0.15, 0.2) is 0 Å². The van der Waals surface area contributed by atoms with E-state index in [9.17, 15) is 0 Å². The van der Waals surface area contributed by atoms with Gasteiger partial charge in [-0.15, -0.1) is 0 Å². The summed E-state index contributed by atoms with van der Waals surface area (Å²) >= 11 is 0. The van der Waals surface area contributed by atoms with Gasteiger partial charge < -0.3 is 20.3 Å². The molecule has 0 spiro atoms. The number of nitrogens with two attached hydrogens (primary N) is 1. The maximum atomic E-state index is 5.76. The highest BCUT2D eigenvalue weighted by molar-refractivity contribution is 5.41. The van der Waals surface area contributed by atoms with Crippen LogP contribution in [0.4, 0.5) is 5.69 Å². The van der Waals surface area contributed by atoms with E-state index in [1.54, 1.807) is 0 Å². The first kappa shape index (κ1) is 17.8. The zero-order valence-corrected chi connectivity index (χ0v) is 13.8. The molecule has 0 heterocycles. The Morgan fingerprint density at radius 2 is 1.43 bits per heavy atom. The summed E-state index contributed by atoms with van der Waals surface area (Å²) in [5.74, 6) is 0.892. The molecule has 0 radical (unpaired) electrons. The molecule has 0 saturated heterocycles. The van der Waals surface area contributed by atoms with Crippen molar-refractivity contribution in [3.63, 3.8) is 0 Å². The van der Waals surface area contributed by atoms with Crippen molar-refractivity contribution in [1.82, 2.24) is 9.80 Å². The summed E-state index contributed by atoms with van der Waals surface area (Å²) < 4.78 is 5.76. The average molecular weight is 293 g/mol. The van der Waals surface area contributed by atoms with Crippen molar-refractivity contribution in [3.05, 3.63) is 24.3 Å². The minimum absolute atomic E-state index is 0.725. The fourth-order valence-electron chi connectivity index (χ4n) is 2.34. The van der Waals surface area contributed by atoms with Crippen LogP contribution in [0.15, 0.2) is 24.3 Å². The van der Waals surface area contributed by atoms with Crippen LogP contribution >= 0.6 is 0 Å². The highest BCUT2D eigenvalue weighted by atomic mass is 16.5. The first-order valence-corrected chi connectivity index (χ1v) is 8.12. The van der Waals surface area contributed by atoms with Gasteiger partial charge in [-0.2, -0.15) is 0 Å².